The van der Waals surface area contributed by atoms with E-state index in [9.17, 15) is 4.79 Å². The third kappa shape index (κ3) is 2.15. The molecular formula is C9H12N4OS. The Kier molecular flexibility index (Phi) is 2.68. The number of amides is 1. The summed E-state index contributed by atoms with van der Waals surface area (Å²) in [5.41, 5.74) is 1.02. The second-order valence-electron chi connectivity index (χ2n) is 3.33. The lowest BCUT2D eigenvalue weighted by Gasteiger charge is -2.12. The fourth-order valence-corrected chi connectivity index (χ4v) is 2.00. The molecule has 0 fully saturated rings. The Balaban J connectivity index is 1.92. The standard InChI is InChI=1S/C9H12N4OS/c1-6-5-15-7(12-6)3-10-9-11-4-8(14)13(9)2/h5H,3-4H2,1-2H3,(H,10,11). The molecule has 1 N–H and O–H groups in total. The zero-order valence-electron chi connectivity index (χ0n) is 8.65. The third-order valence-corrected chi connectivity index (χ3v) is 3.09. The van der Waals surface area contributed by atoms with E-state index in [0.29, 0.717) is 12.5 Å². The minimum Gasteiger partial charge on any atom is -0.349 e. The Labute approximate surface area is 91.8 Å². The van der Waals surface area contributed by atoms with Crippen molar-refractivity contribution in [2.24, 2.45) is 4.99 Å². The molecule has 6 heteroatoms. The first-order chi connectivity index (χ1) is 7.16. The molecule has 1 aliphatic heterocycles. The molecule has 1 aromatic heterocycles. The van der Waals surface area contributed by atoms with E-state index in [1.807, 2.05) is 12.3 Å². The fourth-order valence-electron chi connectivity index (χ4n) is 1.29. The number of carbonyl (C=O) groups is 1. The first-order valence-electron chi connectivity index (χ1n) is 4.62. The number of likely N-dealkylation sites (N-methyl/N-ethyl adjacent to an activating group) is 1. The van der Waals surface area contributed by atoms with Crippen molar-refractivity contribution in [2.75, 3.05) is 13.6 Å². The van der Waals surface area contributed by atoms with Crippen molar-refractivity contribution in [3.05, 3.63) is 16.1 Å². The van der Waals surface area contributed by atoms with Gasteiger partial charge in [0.2, 0.25) is 5.96 Å². The number of aliphatic imine (C=N–C) groups is 1. The highest BCUT2D eigenvalue weighted by atomic mass is 32.1. The van der Waals surface area contributed by atoms with E-state index in [4.69, 9.17) is 0 Å². The number of carbonyl (C=O) groups excluding carboxylic acids is 1. The summed E-state index contributed by atoms with van der Waals surface area (Å²) in [6.45, 7) is 2.83. The van der Waals surface area contributed by atoms with Gasteiger partial charge in [0, 0.05) is 18.1 Å². The third-order valence-electron chi connectivity index (χ3n) is 2.12. The van der Waals surface area contributed by atoms with Gasteiger partial charge in [0.25, 0.3) is 5.91 Å². The Bertz CT molecular complexity index is 412. The van der Waals surface area contributed by atoms with E-state index >= 15 is 0 Å². The Morgan fingerprint density at radius 2 is 2.47 bits per heavy atom. The number of nitrogens with one attached hydrogen (secondary N) is 1. The maximum Gasteiger partial charge on any atom is 0.250 e. The monoisotopic (exact) mass is 224 g/mol. The lowest BCUT2D eigenvalue weighted by molar-refractivity contribution is -0.124. The van der Waals surface area contributed by atoms with Crippen LogP contribution in [0.15, 0.2) is 10.4 Å². The van der Waals surface area contributed by atoms with Crippen LogP contribution in [0.2, 0.25) is 0 Å². The molecule has 0 aliphatic carbocycles. The SMILES string of the molecule is Cc1csc(CNC2=NCC(=O)N2C)n1. The van der Waals surface area contributed by atoms with Crippen LogP contribution in [0.4, 0.5) is 0 Å². The van der Waals surface area contributed by atoms with E-state index < -0.39 is 0 Å². The largest absolute Gasteiger partial charge is 0.349 e. The molecule has 0 atom stereocenters. The predicted octanol–water partition coefficient (Wildman–Crippen LogP) is 0.369. The number of aromatic nitrogens is 1. The van der Waals surface area contributed by atoms with Gasteiger partial charge in [0.1, 0.15) is 11.6 Å². The highest BCUT2D eigenvalue weighted by Crippen LogP contribution is 2.08. The van der Waals surface area contributed by atoms with E-state index in [1.54, 1.807) is 18.4 Å². The van der Waals surface area contributed by atoms with E-state index in [1.165, 1.54) is 4.90 Å². The van der Waals surface area contributed by atoms with Gasteiger partial charge in [-0.1, -0.05) is 0 Å². The number of aryl methyl sites for hydroxylation is 1. The maximum absolute atomic E-state index is 11.2. The number of guanidine groups is 1. The Morgan fingerprint density at radius 3 is 3.00 bits per heavy atom. The molecule has 0 bridgehead atoms. The molecule has 1 aliphatic rings. The number of nitrogens with zero attached hydrogens (tertiary/aromatic N) is 3. The summed E-state index contributed by atoms with van der Waals surface area (Å²) >= 11 is 1.60. The van der Waals surface area contributed by atoms with Gasteiger partial charge in [-0.15, -0.1) is 11.3 Å². The summed E-state index contributed by atoms with van der Waals surface area (Å²) in [6.07, 6.45) is 0. The topological polar surface area (TPSA) is 57.6 Å². The number of rotatable bonds is 2. The number of hydrogen-bond acceptors (Lipinski definition) is 5. The van der Waals surface area contributed by atoms with E-state index in [2.05, 4.69) is 15.3 Å². The van der Waals surface area contributed by atoms with Crippen molar-refractivity contribution < 1.29 is 4.79 Å². The van der Waals surface area contributed by atoms with E-state index in [0.717, 1.165) is 10.7 Å². The van der Waals surface area contributed by atoms with Crippen molar-refractivity contribution in [3.8, 4) is 0 Å². The minimum atomic E-state index is 0.0211. The van der Waals surface area contributed by atoms with Crippen LogP contribution in [0.25, 0.3) is 0 Å². The Morgan fingerprint density at radius 1 is 1.67 bits per heavy atom. The molecule has 2 rings (SSSR count). The molecule has 5 nitrogen and oxygen atoms in total. The molecule has 0 aromatic carbocycles. The second kappa shape index (κ2) is 3.98. The summed E-state index contributed by atoms with van der Waals surface area (Å²) < 4.78 is 0. The molecule has 0 unspecified atom stereocenters. The van der Waals surface area contributed by atoms with Gasteiger partial charge in [-0.2, -0.15) is 0 Å². The zero-order valence-corrected chi connectivity index (χ0v) is 9.47. The molecule has 0 radical (unpaired) electrons. The molecule has 1 amide bonds. The van der Waals surface area contributed by atoms with Crippen molar-refractivity contribution in [3.63, 3.8) is 0 Å². The summed E-state index contributed by atoms with van der Waals surface area (Å²) in [5.74, 6) is 0.653. The normalized spacial score (nSPS) is 15.7. The molecule has 80 valence electrons. The van der Waals surface area contributed by atoms with Gasteiger partial charge in [0.15, 0.2) is 0 Å². The Hall–Kier alpha value is -1.43. The molecule has 0 spiro atoms. The van der Waals surface area contributed by atoms with Crippen molar-refractivity contribution in [2.45, 2.75) is 13.5 Å². The maximum atomic E-state index is 11.2. The van der Waals surface area contributed by atoms with Gasteiger partial charge in [-0.25, -0.2) is 9.98 Å². The molecule has 0 saturated carbocycles. The van der Waals surface area contributed by atoms with Crippen molar-refractivity contribution in [1.29, 1.82) is 0 Å². The summed E-state index contributed by atoms with van der Waals surface area (Å²) in [4.78, 5) is 21.1. The van der Waals surface area contributed by atoms with Crippen molar-refractivity contribution >= 4 is 23.2 Å². The average Bonchev–Trinajstić information content (AvgIpc) is 2.74. The zero-order chi connectivity index (χ0) is 10.8. The van der Waals surface area contributed by atoms with Gasteiger partial charge in [-0.05, 0) is 6.92 Å². The van der Waals surface area contributed by atoms with E-state index in [-0.39, 0.29) is 12.5 Å². The molecule has 0 saturated heterocycles. The van der Waals surface area contributed by atoms with Crippen LogP contribution in [0.1, 0.15) is 10.7 Å². The van der Waals surface area contributed by atoms with Gasteiger partial charge in [-0.3, -0.25) is 9.69 Å². The number of hydrogen-bond donors (Lipinski definition) is 1. The molecular weight excluding hydrogens is 212 g/mol. The van der Waals surface area contributed by atoms with Gasteiger partial charge >= 0.3 is 0 Å². The van der Waals surface area contributed by atoms with Crippen LogP contribution in [0, 0.1) is 6.92 Å². The van der Waals surface area contributed by atoms with Crippen LogP contribution < -0.4 is 5.32 Å². The van der Waals surface area contributed by atoms with Crippen LogP contribution in [0.5, 0.6) is 0 Å². The minimum absolute atomic E-state index is 0.0211. The lowest BCUT2D eigenvalue weighted by atomic mass is 10.5. The summed E-state index contributed by atoms with van der Waals surface area (Å²) in [5, 5.41) is 6.10. The molecule has 15 heavy (non-hydrogen) atoms. The lowest BCUT2D eigenvalue weighted by Crippen LogP contribution is -2.37. The van der Waals surface area contributed by atoms with Gasteiger partial charge < -0.3 is 5.32 Å². The highest BCUT2D eigenvalue weighted by molar-refractivity contribution is 7.09. The first kappa shape index (κ1) is 10.1. The quantitative estimate of drug-likeness (QED) is 0.789. The fraction of sp³-hybridized carbons (Fsp3) is 0.444. The second-order valence-corrected chi connectivity index (χ2v) is 4.27. The summed E-state index contributed by atoms with van der Waals surface area (Å²) in [7, 11) is 1.72. The smallest absolute Gasteiger partial charge is 0.250 e. The predicted molar refractivity (Wildman–Crippen MR) is 58.8 cm³/mol. The first-order valence-corrected chi connectivity index (χ1v) is 5.50. The molecule has 2 heterocycles. The van der Waals surface area contributed by atoms with Crippen LogP contribution in [0.3, 0.4) is 0 Å². The number of thiazole rings is 1. The van der Waals surface area contributed by atoms with Crippen LogP contribution >= 0.6 is 11.3 Å². The average molecular weight is 224 g/mol. The van der Waals surface area contributed by atoms with Crippen LogP contribution in [-0.4, -0.2) is 35.3 Å². The molecule has 1 aromatic rings. The van der Waals surface area contributed by atoms with Crippen molar-refractivity contribution in [1.82, 2.24) is 15.2 Å². The van der Waals surface area contributed by atoms with Gasteiger partial charge in [0.05, 0.1) is 6.54 Å². The van der Waals surface area contributed by atoms with Crippen LogP contribution in [-0.2, 0) is 11.3 Å². The summed E-state index contributed by atoms with van der Waals surface area (Å²) in [6, 6.07) is 0. The highest BCUT2D eigenvalue weighted by Gasteiger charge is 2.20.